The Morgan fingerprint density at radius 2 is 1.21 bits per heavy atom. The Balaban J connectivity index is 1.49. The number of nitrogens with two attached hydrogens (primary N) is 2. The molecule has 17 nitrogen and oxygen atoms in total. The van der Waals surface area contributed by atoms with Gasteiger partial charge in [-0.2, -0.15) is 20.2 Å². The lowest BCUT2D eigenvalue weighted by atomic mass is 9.91. The third kappa shape index (κ3) is 9.06. The van der Waals surface area contributed by atoms with Crippen molar-refractivity contribution >= 4 is 45.7 Å². The van der Waals surface area contributed by atoms with Crippen molar-refractivity contribution in [3.63, 3.8) is 0 Å². The van der Waals surface area contributed by atoms with Crippen LogP contribution < -0.4 is 27.4 Å². The molecule has 2 aromatic carbocycles. The van der Waals surface area contributed by atoms with Crippen LogP contribution in [0.2, 0.25) is 0 Å². The maximum Gasteiger partial charge on any atom is 0.298 e. The van der Waals surface area contributed by atoms with Gasteiger partial charge in [-0.3, -0.25) is 28.5 Å². The number of hydrogen-bond donors (Lipinski definition) is 2. The minimum absolute atomic E-state index is 0.102. The van der Waals surface area contributed by atoms with Gasteiger partial charge in [-0.05, 0) is 115 Å². The molecule has 17 heteroatoms. The van der Waals surface area contributed by atoms with Crippen molar-refractivity contribution in [1.82, 2.24) is 37.8 Å². The number of fused-ring (bicyclic) bond motifs is 2. The van der Waals surface area contributed by atoms with Gasteiger partial charge < -0.3 is 34.5 Å². The van der Waals surface area contributed by atoms with Crippen LogP contribution in [-0.4, -0.2) is 68.1 Å². The molecule has 4 amide bonds. The molecule has 0 aliphatic rings. The molecule has 0 aliphatic heterocycles. The molecule has 4 aromatic heterocycles. The molecule has 330 valence electrons. The normalized spacial score (nSPS) is 13.7. The quantitative estimate of drug-likeness (QED) is 0.121. The van der Waals surface area contributed by atoms with Crippen LogP contribution in [-0.2, 0) is 27.2 Å². The van der Waals surface area contributed by atoms with Gasteiger partial charge in [0.15, 0.2) is 0 Å². The fourth-order valence-electron chi connectivity index (χ4n) is 8.09. The van der Waals surface area contributed by atoms with E-state index in [1.165, 1.54) is 0 Å². The largest absolute Gasteiger partial charge is 0.491 e. The number of hydrogen-bond acceptors (Lipinski definition) is 7. The Labute approximate surface area is 360 Å². The molecule has 2 unspecified atom stereocenters. The van der Waals surface area contributed by atoms with E-state index >= 15 is 0 Å². The van der Waals surface area contributed by atoms with Crippen molar-refractivity contribution in [1.29, 1.82) is 0 Å². The minimum Gasteiger partial charge on any atom is -0.491 e. The van der Waals surface area contributed by atoms with Crippen LogP contribution in [0, 0.1) is 19.3 Å². The molecule has 0 radical (unpaired) electrons. The lowest BCUT2D eigenvalue weighted by Crippen LogP contribution is -2.30. The minimum atomic E-state index is -0.609. The summed E-state index contributed by atoms with van der Waals surface area (Å²) in [6, 6.07) is 11.5. The predicted molar refractivity (Wildman–Crippen MR) is 237 cm³/mol. The Morgan fingerprint density at radius 1 is 0.710 bits per heavy atom. The number of benzene rings is 2. The van der Waals surface area contributed by atoms with E-state index in [2.05, 4.69) is 49.8 Å². The van der Waals surface area contributed by atoms with Crippen LogP contribution >= 0.6 is 0 Å². The van der Waals surface area contributed by atoms with Crippen molar-refractivity contribution in [2.24, 2.45) is 41.0 Å². The average Bonchev–Trinajstić information content (AvgIpc) is 3.95. The van der Waals surface area contributed by atoms with Crippen LogP contribution in [0.5, 0.6) is 5.75 Å². The lowest BCUT2D eigenvalue weighted by molar-refractivity contribution is 0.0977. The smallest absolute Gasteiger partial charge is 0.298 e. The number of aromatic nitrogens is 8. The summed E-state index contributed by atoms with van der Waals surface area (Å²) in [5, 5.41) is 8.93. The summed E-state index contributed by atoms with van der Waals surface area (Å²) in [5.74, 6) is -1.64. The number of nitrogens with zero attached hydrogens (tertiary/aromatic N) is 10. The van der Waals surface area contributed by atoms with E-state index in [-0.39, 0.29) is 23.1 Å². The summed E-state index contributed by atoms with van der Waals surface area (Å²) in [6.07, 6.45) is 2.84. The fraction of sp³-hybridized carbons (Fsp3) is 0.467. The van der Waals surface area contributed by atoms with Gasteiger partial charge >= 0.3 is 0 Å². The van der Waals surface area contributed by atoms with E-state index in [9.17, 15) is 19.2 Å². The van der Waals surface area contributed by atoms with Crippen LogP contribution in [0.4, 0.5) is 0 Å². The zero-order valence-corrected chi connectivity index (χ0v) is 37.8. The standard InChI is InChI=1S/C45H60N12O5/c1-12-54-35(21-26(3)50-54)41(60)48-43-52(10)33-23-30(39(46)58)17-18-32(33)56(43)28(5)15-16-29(6)57-38-34(24-31(40(47)59)25-37(38)62-20-14-19-45(7,8)9)53(11)44(57)49-42(61)36-22-27(4)51-55(36)13-2/h17-18,21-25,28-29H,12-16,19-20H2,1-11H3,(H2,46,58)(H2,47,59)/b48-43+,49-44+. The molecule has 0 saturated heterocycles. The molecule has 0 bridgehead atoms. The highest BCUT2D eigenvalue weighted by Gasteiger charge is 2.25. The topological polar surface area (TPSA) is 210 Å². The summed E-state index contributed by atoms with van der Waals surface area (Å²) in [6.45, 7) is 19.5. The summed E-state index contributed by atoms with van der Waals surface area (Å²) in [5.41, 5.74) is 17.9. The number of carbonyl (C=O) groups excluding carboxylic acids is 4. The number of primary amides is 2. The van der Waals surface area contributed by atoms with Crippen LogP contribution in [0.1, 0.15) is 139 Å². The maximum absolute atomic E-state index is 14.1. The molecular weight excluding hydrogens is 789 g/mol. The number of aryl methyl sites for hydroxylation is 6. The van der Waals surface area contributed by atoms with E-state index in [1.807, 2.05) is 42.9 Å². The molecule has 6 rings (SSSR count). The van der Waals surface area contributed by atoms with E-state index in [0.717, 1.165) is 18.4 Å². The third-order valence-corrected chi connectivity index (χ3v) is 11.3. The first-order chi connectivity index (χ1) is 29.2. The molecule has 0 aliphatic carbocycles. The molecule has 0 saturated carbocycles. The van der Waals surface area contributed by atoms with Crippen molar-refractivity contribution in [3.8, 4) is 5.75 Å². The van der Waals surface area contributed by atoms with Crippen molar-refractivity contribution < 1.29 is 23.9 Å². The Bertz CT molecular complexity index is 2850. The van der Waals surface area contributed by atoms with Gasteiger partial charge in [-0.25, -0.2) is 0 Å². The zero-order chi connectivity index (χ0) is 45.4. The lowest BCUT2D eigenvalue weighted by Gasteiger charge is -2.21. The molecule has 62 heavy (non-hydrogen) atoms. The van der Waals surface area contributed by atoms with Gasteiger partial charge in [0.05, 0.1) is 34.5 Å². The average molecular weight is 849 g/mol. The van der Waals surface area contributed by atoms with Crippen LogP contribution in [0.3, 0.4) is 0 Å². The van der Waals surface area contributed by atoms with Gasteiger partial charge in [-0.15, -0.1) is 0 Å². The van der Waals surface area contributed by atoms with E-state index in [1.54, 1.807) is 69.0 Å². The summed E-state index contributed by atoms with van der Waals surface area (Å²) in [7, 11) is 3.61. The SMILES string of the molecule is CCn1nc(C)cc1C(=O)/N=c1\n(C)c2cc(C(N)=O)ccc2n1C(C)CCC(C)n1/c(=N/C(=O)c2cc(C)nn2CC)n(C)c2cc(C(N)=O)cc(OCCCC(C)(C)C)c21. The van der Waals surface area contributed by atoms with E-state index < -0.39 is 23.6 Å². The Morgan fingerprint density at radius 3 is 1.73 bits per heavy atom. The predicted octanol–water partition coefficient (Wildman–Crippen LogP) is 5.81. The highest BCUT2D eigenvalue weighted by molar-refractivity contribution is 5.99. The van der Waals surface area contributed by atoms with E-state index in [4.69, 9.17) is 21.2 Å². The van der Waals surface area contributed by atoms with Crippen molar-refractivity contribution in [3.05, 3.63) is 87.6 Å². The molecular formula is C45H60N12O5. The van der Waals surface area contributed by atoms with Gasteiger partial charge in [0.2, 0.25) is 23.1 Å². The zero-order valence-electron chi connectivity index (χ0n) is 37.8. The maximum atomic E-state index is 14.1. The van der Waals surface area contributed by atoms with Gasteiger partial charge in [0, 0.05) is 50.4 Å². The number of rotatable bonds is 15. The van der Waals surface area contributed by atoms with E-state index in [0.29, 0.717) is 94.4 Å². The first kappa shape index (κ1) is 45.0. The fourth-order valence-corrected chi connectivity index (χ4v) is 8.09. The Hall–Kier alpha value is -6.52. The highest BCUT2D eigenvalue weighted by Crippen LogP contribution is 2.33. The van der Waals surface area contributed by atoms with Crippen molar-refractivity contribution in [2.75, 3.05) is 6.61 Å². The number of amides is 4. The second kappa shape index (κ2) is 17.8. The summed E-state index contributed by atoms with van der Waals surface area (Å²) < 4.78 is 17.4. The van der Waals surface area contributed by atoms with Crippen molar-refractivity contribution in [2.45, 2.75) is 113 Å². The molecule has 0 fully saturated rings. The second-order valence-corrected chi connectivity index (χ2v) is 17.3. The first-order valence-electron chi connectivity index (χ1n) is 21.2. The highest BCUT2D eigenvalue weighted by atomic mass is 16.5. The van der Waals surface area contributed by atoms with Gasteiger partial charge in [0.25, 0.3) is 11.8 Å². The molecule has 6 aromatic rings. The third-order valence-electron chi connectivity index (χ3n) is 11.3. The second-order valence-electron chi connectivity index (χ2n) is 17.3. The monoisotopic (exact) mass is 848 g/mol. The summed E-state index contributed by atoms with van der Waals surface area (Å²) in [4.78, 5) is 62.3. The van der Waals surface area contributed by atoms with Crippen LogP contribution in [0.25, 0.3) is 22.1 Å². The van der Waals surface area contributed by atoms with Gasteiger partial charge in [0.1, 0.15) is 22.7 Å². The number of carbonyl (C=O) groups is 4. The Kier molecular flexibility index (Phi) is 12.9. The molecule has 2 atom stereocenters. The summed E-state index contributed by atoms with van der Waals surface area (Å²) >= 11 is 0. The first-order valence-corrected chi connectivity index (χ1v) is 21.2. The van der Waals surface area contributed by atoms with Crippen LogP contribution in [0.15, 0.2) is 52.4 Å². The molecule has 4 N–H and O–H groups in total. The van der Waals surface area contributed by atoms with Gasteiger partial charge in [-0.1, -0.05) is 20.8 Å². The molecule has 4 heterocycles. The molecule has 0 spiro atoms. The number of imidazole rings is 2. The number of ether oxygens (including phenoxy) is 1.